The Morgan fingerprint density at radius 1 is 1.25 bits per heavy atom. The Hall–Kier alpha value is -0.350. The van der Waals surface area contributed by atoms with Crippen LogP contribution in [0.5, 0.6) is 0 Å². The molecule has 0 amide bonds. The SMILES string of the molecule is [CH2]C[C@H](F)C(F)(F)C(F)(F)CC. The first-order valence-corrected chi connectivity index (χ1v) is 3.48. The lowest BCUT2D eigenvalue weighted by molar-refractivity contribution is -0.239. The molecule has 0 spiro atoms. The normalized spacial score (nSPS) is 16.2. The van der Waals surface area contributed by atoms with Crippen molar-refractivity contribution in [2.24, 2.45) is 0 Å². The third-order valence-corrected chi connectivity index (χ3v) is 1.58. The van der Waals surface area contributed by atoms with Crippen LogP contribution in [0.3, 0.4) is 0 Å². The molecular weight excluding hydrogens is 179 g/mol. The molecule has 0 unspecified atom stereocenters. The molecule has 0 aliphatic carbocycles. The zero-order valence-corrected chi connectivity index (χ0v) is 6.59. The zero-order chi connectivity index (χ0) is 9.99. The van der Waals surface area contributed by atoms with E-state index in [-0.39, 0.29) is 0 Å². The van der Waals surface area contributed by atoms with Gasteiger partial charge in [0, 0.05) is 6.42 Å². The highest BCUT2D eigenvalue weighted by Gasteiger charge is 2.59. The van der Waals surface area contributed by atoms with Gasteiger partial charge in [-0.2, -0.15) is 17.6 Å². The average molecular weight is 189 g/mol. The van der Waals surface area contributed by atoms with Crippen LogP contribution in [0.4, 0.5) is 22.0 Å². The van der Waals surface area contributed by atoms with Crippen molar-refractivity contribution in [1.82, 2.24) is 0 Å². The molecule has 0 saturated heterocycles. The summed E-state index contributed by atoms with van der Waals surface area (Å²) in [7, 11) is 0. The molecule has 0 heterocycles. The third-order valence-electron chi connectivity index (χ3n) is 1.58. The minimum absolute atomic E-state index is 0.859. The van der Waals surface area contributed by atoms with Crippen LogP contribution >= 0.6 is 0 Å². The fraction of sp³-hybridized carbons (Fsp3) is 0.857. The van der Waals surface area contributed by atoms with E-state index < -0.39 is 30.9 Å². The van der Waals surface area contributed by atoms with E-state index in [1.165, 1.54) is 0 Å². The van der Waals surface area contributed by atoms with Crippen molar-refractivity contribution >= 4 is 0 Å². The number of halogens is 5. The smallest absolute Gasteiger partial charge is 0.241 e. The van der Waals surface area contributed by atoms with Crippen LogP contribution in [0.1, 0.15) is 19.8 Å². The lowest BCUT2D eigenvalue weighted by Crippen LogP contribution is -2.47. The second-order valence-electron chi connectivity index (χ2n) is 2.44. The van der Waals surface area contributed by atoms with Gasteiger partial charge in [-0.15, -0.1) is 0 Å². The lowest BCUT2D eigenvalue weighted by atomic mass is 10.0. The highest BCUT2D eigenvalue weighted by atomic mass is 19.3. The summed E-state index contributed by atoms with van der Waals surface area (Å²) in [5.41, 5.74) is 0. The molecule has 1 radical (unpaired) electrons. The fourth-order valence-corrected chi connectivity index (χ4v) is 0.646. The first-order valence-electron chi connectivity index (χ1n) is 3.48. The Kier molecular flexibility index (Phi) is 3.47. The van der Waals surface area contributed by atoms with Crippen LogP contribution in [0.25, 0.3) is 0 Å². The van der Waals surface area contributed by atoms with Crippen molar-refractivity contribution < 1.29 is 22.0 Å². The van der Waals surface area contributed by atoms with Crippen molar-refractivity contribution in [3.8, 4) is 0 Å². The number of hydrogen-bond donors (Lipinski definition) is 0. The molecule has 0 nitrogen and oxygen atoms in total. The average Bonchev–Trinajstić information content (AvgIpc) is 2.02. The summed E-state index contributed by atoms with van der Waals surface area (Å²) in [5.74, 6) is -8.90. The molecule has 0 aliphatic rings. The molecule has 5 heteroatoms. The highest BCUT2D eigenvalue weighted by molar-refractivity contribution is 4.90. The van der Waals surface area contributed by atoms with E-state index in [0.29, 0.717) is 0 Å². The number of alkyl halides is 5. The summed E-state index contributed by atoms with van der Waals surface area (Å²) >= 11 is 0. The molecule has 12 heavy (non-hydrogen) atoms. The maximum Gasteiger partial charge on any atom is 0.340 e. The van der Waals surface area contributed by atoms with Crippen molar-refractivity contribution in [2.45, 2.75) is 37.8 Å². The molecular formula is C7H10F5. The molecule has 0 bridgehead atoms. The molecule has 0 fully saturated rings. The number of hydrogen-bond acceptors (Lipinski definition) is 0. The van der Waals surface area contributed by atoms with Gasteiger partial charge in [0.05, 0.1) is 0 Å². The van der Waals surface area contributed by atoms with Crippen molar-refractivity contribution in [1.29, 1.82) is 0 Å². The summed E-state index contributed by atoms with van der Waals surface area (Å²) in [6.07, 6.45) is -4.82. The van der Waals surface area contributed by atoms with Crippen LogP contribution in [0, 0.1) is 6.92 Å². The molecule has 0 aromatic carbocycles. The van der Waals surface area contributed by atoms with E-state index in [2.05, 4.69) is 6.92 Å². The Labute approximate surface area is 67.8 Å². The third kappa shape index (κ3) is 1.87. The summed E-state index contributed by atoms with van der Waals surface area (Å²) in [4.78, 5) is 0. The Morgan fingerprint density at radius 3 is 1.92 bits per heavy atom. The van der Waals surface area contributed by atoms with Gasteiger partial charge in [-0.3, -0.25) is 0 Å². The summed E-state index contributed by atoms with van der Waals surface area (Å²) in [5, 5.41) is 0. The maximum absolute atomic E-state index is 12.4. The van der Waals surface area contributed by atoms with Gasteiger partial charge in [0.25, 0.3) is 0 Å². The quantitative estimate of drug-likeness (QED) is 0.595. The van der Waals surface area contributed by atoms with E-state index in [1.54, 1.807) is 0 Å². The Morgan fingerprint density at radius 2 is 1.67 bits per heavy atom. The predicted molar refractivity (Wildman–Crippen MR) is 35.1 cm³/mol. The molecule has 0 N–H and O–H groups in total. The Balaban J connectivity index is 4.58. The van der Waals surface area contributed by atoms with Gasteiger partial charge in [-0.05, 0) is 6.42 Å². The molecule has 0 saturated carbocycles. The van der Waals surface area contributed by atoms with E-state index >= 15 is 0 Å². The van der Waals surface area contributed by atoms with Crippen molar-refractivity contribution in [3.05, 3.63) is 6.92 Å². The predicted octanol–water partition coefficient (Wildman–Crippen LogP) is 3.23. The molecule has 73 valence electrons. The van der Waals surface area contributed by atoms with E-state index in [9.17, 15) is 22.0 Å². The molecule has 0 rings (SSSR count). The van der Waals surface area contributed by atoms with Gasteiger partial charge in [0.2, 0.25) is 0 Å². The van der Waals surface area contributed by atoms with Crippen molar-refractivity contribution in [2.75, 3.05) is 0 Å². The molecule has 0 aromatic rings. The van der Waals surface area contributed by atoms with Crippen LogP contribution in [0.15, 0.2) is 0 Å². The van der Waals surface area contributed by atoms with Gasteiger partial charge in [-0.25, -0.2) is 4.39 Å². The van der Waals surface area contributed by atoms with Crippen molar-refractivity contribution in [3.63, 3.8) is 0 Å². The van der Waals surface area contributed by atoms with Crippen LogP contribution in [-0.2, 0) is 0 Å². The van der Waals surface area contributed by atoms with Gasteiger partial charge in [0.1, 0.15) is 0 Å². The summed E-state index contributed by atoms with van der Waals surface area (Å²) < 4.78 is 61.9. The van der Waals surface area contributed by atoms with Gasteiger partial charge >= 0.3 is 11.8 Å². The first kappa shape index (κ1) is 11.6. The second-order valence-corrected chi connectivity index (χ2v) is 2.44. The van der Waals surface area contributed by atoms with Gasteiger partial charge < -0.3 is 0 Å². The monoisotopic (exact) mass is 189 g/mol. The largest absolute Gasteiger partial charge is 0.340 e. The summed E-state index contributed by atoms with van der Waals surface area (Å²) in [6.45, 7) is 3.69. The van der Waals surface area contributed by atoms with Gasteiger partial charge in [-0.1, -0.05) is 13.8 Å². The number of rotatable bonds is 4. The van der Waals surface area contributed by atoms with Crippen LogP contribution < -0.4 is 0 Å². The van der Waals surface area contributed by atoms with E-state index in [1.807, 2.05) is 0 Å². The van der Waals surface area contributed by atoms with E-state index in [4.69, 9.17) is 0 Å². The minimum Gasteiger partial charge on any atom is -0.241 e. The highest BCUT2D eigenvalue weighted by Crippen LogP contribution is 2.41. The minimum atomic E-state index is -4.61. The molecule has 0 aliphatic heterocycles. The maximum atomic E-state index is 12.4. The zero-order valence-electron chi connectivity index (χ0n) is 6.59. The topological polar surface area (TPSA) is 0 Å². The Bertz CT molecular complexity index is 143. The second kappa shape index (κ2) is 3.58. The summed E-state index contributed by atoms with van der Waals surface area (Å²) in [6, 6.07) is 0. The lowest BCUT2D eigenvalue weighted by Gasteiger charge is -2.27. The molecule has 1 atom stereocenters. The fourth-order valence-electron chi connectivity index (χ4n) is 0.646. The van der Waals surface area contributed by atoms with Crippen LogP contribution in [0.2, 0.25) is 0 Å². The van der Waals surface area contributed by atoms with E-state index in [0.717, 1.165) is 6.92 Å². The standard InChI is InChI=1S/C7H10F5/c1-3-5(8)7(11,12)6(9,10)4-2/h5H,1,3-4H2,2H3/t5-/m0/s1. The van der Waals surface area contributed by atoms with Gasteiger partial charge in [0.15, 0.2) is 6.17 Å². The first-order chi connectivity index (χ1) is 5.29. The van der Waals surface area contributed by atoms with Crippen LogP contribution in [-0.4, -0.2) is 18.0 Å². The molecule has 0 aromatic heterocycles.